The van der Waals surface area contributed by atoms with Crippen LogP contribution in [0.5, 0.6) is 0 Å². The van der Waals surface area contributed by atoms with Crippen LogP contribution in [0.4, 0.5) is 4.39 Å². The number of halogens is 1. The van der Waals surface area contributed by atoms with E-state index in [9.17, 15) is 9.18 Å². The van der Waals surface area contributed by atoms with E-state index in [2.05, 4.69) is 0 Å². The average molecular weight is 287 g/mol. The number of hydrogen-bond donors (Lipinski definition) is 0. The minimum Gasteiger partial charge on any atom is -0.366 e. The van der Waals surface area contributed by atoms with E-state index in [0.717, 1.165) is 30.4 Å². The first kappa shape index (κ1) is 14.0. The fourth-order valence-corrected chi connectivity index (χ4v) is 2.94. The topological polar surface area (TPSA) is 31.2 Å². The van der Waals surface area contributed by atoms with Crippen molar-refractivity contribution in [1.29, 1.82) is 0 Å². The molecule has 1 aliphatic heterocycles. The Labute approximate surface area is 123 Å². The van der Waals surface area contributed by atoms with E-state index in [-0.39, 0.29) is 11.4 Å². The molecular weight excluding hydrogens is 269 g/mol. The largest absolute Gasteiger partial charge is 0.366 e. The Morgan fingerprint density at radius 3 is 2.52 bits per heavy atom. The van der Waals surface area contributed by atoms with Gasteiger partial charge in [-0.25, -0.2) is 4.39 Å². The summed E-state index contributed by atoms with van der Waals surface area (Å²) in [4.78, 5) is 12.0. The number of aromatic nitrogens is 1. The first-order valence-electron chi connectivity index (χ1n) is 7.19. The van der Waals surface area contributed by atoms with E-state index < -0.39 is 5.60 Å². The quantitative estimate of drug-likeness (QED) is 0.850. The molecule has 2 heterocycles. The molecule has 1 aromatic heterocycles. The molecule has 110 valence electrons. The second-order valence-corrected chi connectivity index (χ2v) is 5.50. The van der Waals surface area contributed by atoms with Crippen LogP contribution in [-0.4, -0.2) is 11.2 Å². The van der Waals surface area contributed by atoms with Gasteiger partial charge in [-0.3, -0.25) is 4.79 Å². The van der Waals surface area contributed by atoms with Gasteiger partial charge in [-0.1, -0.05) is 12.1 Å². The third-order valence-corrected chi connectivity index (χ3v) is 4.15. The van der Waals surface area contributed by atoms with Crippen molar-refractivity contribution in [3.63, 3.8) is 0 Å². The van der Waals surface area contributed by atoms with Crippen LogP contribution >= 0.6 is 0 Å². The van der Waals surface area contributed by atoms with E-state index in [1.807, 2.05) is 6.07 Å². The number of rotatable bonds is 2. The molecule has 0 radical (unpaired) electrons. The maximum absolute atomic E-state index is 13.2. The van der Waals surface area contributed by atoms with Gasteiger partial charge >= 0.3 is 0 Å². The van der Waals surface area contributed by atoms with Crippen molar-refractivity contribution in [3.05, 3.63) is 69.9 Å². The van der Waals surface area contributed by atoms with Gasteiger partial charge in [0.25, 0.3) is 5.56 Å². The standard InChI is InChI=1S/C17H18FNO2/c1-19-10-8-14(12-16(19)20)17(9-2-3-11-21-17)13-4-6-15(18)7-5-13/h4-8,10,12H,2-3,9,11H2,1H3. The number of hydrogen-bond acceptors (Lipinski definition) is 2. The minimum atomic E-state index is -0.640. The Bertz CT molecular complexity index is 685. The highest BCUT2D eigenvalue weighted by Gasteiger charge is 2.37. The number of pyridine rings is 1. The van der Waals surface area contributed by atoms with Gasteiger partial charge in [0.05, 0.1) is 0 Å². The molecule has 4 heteroatoms. The average Bonchev–Trinajstić information content (AvgIpc) is 2.51. The highest BCUT2D eigenvalue weighted by atomic mass is 19.1. The van der Waals surface area contributed by atoms with Gasteiger partial charge in [-0.05, 0) is 48.6 Å². The molecular formula is C17H18FNO2. The molecule has 3 rings (SSSR count). The maximum Gasteiger partial charge on any atom is 0.250 e. The van der Waals surface area contributed by atoms with E-state index in [4.69, 9.17) is 4.74 Å². The first-order valence-corrected chi connectivity index (χ1v) is 7.19. The lowest BCUT2D eigenvalue weighted by Crippen LogP contribution is -2.36. The van der Waals surface area contributed by atoms with Crippen molar-refractivity contribution in [1.82, 2.24) is 4.57 Å². The fourth-order valence-electron chi connectivity index (χ4n) is 2.94. The van der Waals surface area contributed by atoms with Crippen LogP contribution in [0.25, 0.3) is 0 Å². The van der Waals surface area contributed by atoms with Crippen molar-refractivity contribution in [2.75, 3.05) is 6.61 Å². The zero-order valence-electron chi connectivity index (χ0n) is 12.0. The second-order valence-electron chi connectivity index (χ2n) is 5.50. The van der Waals surface area contributed by atoms with Crippen LogP contribution in [0.3, 0.4) is 0 Å². The van der Waals surface area contributed by atoms with E-state index in [1.165, 1.54) is 16.7 Å². The molecule has 1 saturated heterocycles. The lowest BCUT2D eigenvalue weighted by atomic mass is 9.81. The number of ether oxygens (including phenoxy) is 1. The van der Waals surface area contributed by atoms with Gasteiger partial charge in [0, 0.05) is 25.9 Å². The van der Waals surface area contributed by atoms with Crippen LogP contribution in [0.15, 0.2) is 47.4 Å². The zero-order chi connectivity index (χ0) is 14.9. The molecule has 0 N–H and O–H groups in total. The van der Waals surface area contributed by atoms with E-state index in [1.54, 1.807) is 31.4 Å². The smallest absolute Gasteiger partial charge is 0.250 e. The van der Waals surface area contributed by atoms with Crippen molar-refractivity contribution >= 4 is 0 Å². The third kappa shape index (κ3) is 2.51. The summed E-state index contributed by atoms with van der Waals surface area (Å²) in [5.74, 6) is -0.270. The number of nitrogens with zero attached hydrogens (tertiary/aromatic N) is 1. The van der Waals surface area contributed by atoms with Crippen LogP contribution in [0, 0.1) is 5.82 Å². The Balaban J connectivity index is 2.14. The van der Waals surface area contributed by atoms with Crippen LogP contribution < -0.4 is 5.56 Å². The lowest BCUT2D eigenvalue weighted by Gasteiger charge is -2.38. The molecule has 1 fully saturated rings. The van der Waals surface area contributed by atoms with Gasteiger partial charge in [-0.15, -0.1) is 0 Å². The summed E-state index contributed by atoms with van der Waals surface area (Å²) in [6.45, 7) is 0.645. The van der Waals surface area contributed by atoms with Gasteiger partial charge in [0.1, 0.15) is 11.4 Å². The Hall–Kier alpha value is -1.94. The summed E-state index contributed by atoms with van der Waals surface area (Å²) in [5.41, 5.74) is 1.04. The van der Waals surface area contributed by atoms with Crippen LogP contribution in [0.2, 0.25) is 0 Å². The molecule has 1 atom stereocenters. The summed E-state index contributed by atoms with van der Waals surface area (Å²) < 4.78 is 20.8. The van der Waals surface area contributed by atoms with Gasteiger partial charge in [0.2, 0.25) is 0 Å². The molecule has 21 heavy (non-hydrogen) atoms. The molecule has 1 aromatic carbocycles. The molecule has 0 saturated carbocycles. The zero-order valence-corrected chi connectivity index (χ0v) is 12.0. The van der Waals surface area contributed by atoms with E-state index in [0.29, 0.717) is 6.61 Å². The Kier molecular flexibility index (Phi) is 3.64. The van der Waals surface area contributed by atoms with Crippen molar-refractivity contribution < 1.29 is 9.13 Å². The van der Waals surface area contributed by atoms with Crippen molar-refractivity contribution in [3.8, 4) is 0 Å². The van der Waals surface area contributed by atoms with E-state index >= 15 is 0 Å². The first-order chi connectivity index (χ1) is 10.1. The number of benzene rings is 1. The lowest BCUT2D eigenvalue weighted by molar-refractivity contribution is -0.0535. The maximum atomic E-state index is 13.2. The predicted molar refractivity (Wildman–Crippen MR) is 78.7 cm³/mol. The molecule has 2 aromatic rings. The molecule has 1 aliphatic rings. The van der Waals surface area contributed by atoms with Gasteiger partial charge in [0.15, 0.2) is 0 Å². The summed E-state index contributed by atoms with van der Waals surface area (Å²) in [6.07, 6.45) is 4.58. The summed E-state index contributed by atoms with van der Waals surface area (Å²) in [7, 11) is 1.72. The van der Waals surface area contributed by atoms with Crippen molar-refractivity contribution in [2.45, 2.75) is 24.9 Å². The third-order valence-electron chi connectivity index (χ3n) is 4.15. The summed E-state index contributed by atoms with van der Waals surface area (Å²) >= 11 is 0. The van der Waals surface area contributed by atoms with Crippen LogP contribution in [-0.2, 0) is 17.4 Å². The summed E-state index contributed by atoms with van der Waals surface area (Å²) in [5, 5.41) is 0. The van der Waals surface area contributed by atoms with Crippen LogP contribution in [0.1, 0.15) is 30.4 Å². The highest BCUT2D eigenvalue weighted by Crippen LogP contribution is 2.40. The second kappa shape index (κ2) is 5.45. The number of aryl methyl sites for hydroxylation is 1. The normalized spacial score (nSPS) is 22.2. The predicted octanol–water partition coefficient (Wildman–Crippen LogP) is 2.97. The highest BCUT2D eigenvalue weighted by molar-refractivity contribution is 5.36. The molecule has 0 spiro atoms. The molecule has 0 aliphatic carbocycles. The van der Waals surface area contributed by atoms with Gasteiger partial charge in [-0.2, -0.15) is 0 Å². The van der Waals surface area contributed by atoms with Crippen molar-refractivity contribution in [2.24, 2.45) is 7.05 Å². The minimum absolute atomic E-state index is 0.0665. The Morgan fingerprint density at radius 1 is 1.14 bits per heavy atom. The SMILES string of the molecule is Cn1ccc(C2(c3ccc(F)cc3)CCCCO2)cc1=O. The fraction of sp³-hybridized carbons (Fsp3) is 0.353. The Morgan fingerprint density at radius 2 is 1.90 bits per heavy atom. The summed E-state index contributed by atoms with van der Waals surface area (Å²) in [6, 6.07) is 9.91. The monoisotopic (exact) mass is 287 g/mol. The molecule has 1 unspecified atom stereocenters. The van der Waals surface area contributed by atoms with Gasteiger partial charge < -0.3 is 9.30 Å². The molecule has 0 amide bonds. The molecule has 0 bridgehead atoms. The molecule has 3 nitrogen and oxygen atoms in total.